The van der Waals surface area contributed by atoms with Crippen molar-refractivity contribution in [2.24, 2.45) is 0 Å². The summed E-state index contributed by atoms with van der Waals surface area (Å²) in [5.41, 5.74) is 0.523. The molecule has 226 valence electrons. The van der Waals surface area contributed by atoms with E-state index in [9.17, 15) is 13.5 Å². The first kappa shape index (κ1) is 29.5. The van der Waals surface area contributed by atoms with Gasteiger partial charge in [-0.2, -0.15) is 0 Å². The lowest BCUT2D eigenvalue weighted by Gasteiger charge is -2.29. The number of nitrogens with one attached hydrogen (secondary N) is 2. The van der Waals surface area contributed by atoms with Gasteiger partial charge < -0.3 is 20.1 Å². The molecule has 0 radical (unpaired) electrons. The topological polar surface area (TPSA) is 117 Å². The zero-order valence-electron chi connectivity index (χ0n) is 23.5. The van der Waals surface area contributed by atoms with Crippen molar-refractivity contribution in [3.05, 3.63) is 70.4 Å². The Hall–Kier alpha value is -3.58. The summed E-state index contributed by atoms with van der Waals surface area (Å²) in [6.45, 7) is 1.93. The number of hydrogen-bond donors (Lipinski definition) is 3. The molecule has 4 aromatic rings. The molecule has 1 aliphatic carbocycles. The predicted molar refractivity (Wildman–Crippen MR) is 161 cm³/mol. The molecule has 43 heavy (non-hydrogen) atoms. The molecule has 3 aromatic carbocycles. The number of aliphatic hydroxyl groups excluding tert-OH is 1. The molecular formula is C30H30ClF2N5O4S. The maximum atomic E-state index is 15.9. The molecule has 6 rings (SSSR count). The first-order valence-corrected chi connectivity index (χ1v) is 15.7. The molecule has 3 N–H and O–H groups in total. The SMILES string of the molecule is COc1cc(-c2c(F)ccc(NS(=O)(=O)c3cc(Cl)cc4c3CCC4O)c2F)cc2cnc(NC3CCN(C)CC3)nc12. The van der Waals surface area contributed by atoms with Gasteiger partial charge in [-0.15, -0.1) is 0 Å². The van der Waals surface area contributed by atoms with E-state index in [2.05, 4.69) is 32.0 Å². The average molecular weight is 630 g/mol. The fourth-order valence-corrected chi connectivity index (χ4v) is 7.46. The zero-order valence-corrected chi connectivity index (χ0v) is 25.1. The summed E-state index contributed by atoms with van der Waals surface area (Å²) in [6.07, 6.45) is 3.28. The number of anilines is 2. The summed E-state index contributed by atoms with van der Waals surface area (Å²) in [4.78, 5) is 11.1. The number of methoxy groups -OCH3 is 1. The minimum Gasteiger partial charge on any atom is -0.494 e. The van der Waals surface area contributed by atoms with E-state index in [-0.39, 0.29) is 27.3 Å². The molecule has 2 aliphatic rings. The quantitative estimate of drug-likeness (QED) is 0.245. The third-order valence-corrected chi connectivity index (χ3v) is 9.72. The van der Waals surface area contributed by atoms with Gasteiger partial charge in [0.25, 0.3) is 10.0 Å². The zero-order chi connectivity index (χ0) is 30.5. The summed E-state index contributed by atoms with van der Waals surface area (Å²) >= 11 is 6.15. The monoisotopic (exact) mass is 629 g/mol. The number of likely N-dealkylation sites (tertiary alicyclic amines) is 1. The lowest BCUT2D eigenvalue weighted by molar-refractivity contribution is 0.180. The average Bonchev–Trinajstić information content (AvgIpc) is 3.35. The van der Waals surface area contributed by atoms with Gasteiger partial charge in [0, 0.05) is 22.6 Å². The Morgan fingerprint density at radius 3 is 2.63 bits per heavy atom. The Morgan fingerprint density at radius 2 is 1.88 bits per heavy atom. The number of aliphatic hydroxyl groups is 1. The predicted octanol–water partition coefficient (Wildman–Crippen LogP) is 5.52. The minimum atomic E-state index is -4.35. The Morgan fingerprint density at radius 1 is 1.12 bits per heavy atom. The van der Waals surface area contributed by atoms with Crippen LogP contribution in [0.2, 0.25) is 5.02 Å². The van der Waals surface area contributed by atoms with E-state index in [1.807, 2.05) is 0 Å². The molecule has 0 spiro atoms. The summed E-state index contributed by atoms with van der Waals surface area (Å²) in [6, 6.07) is 8.01. The van der Waals surface area contributed by atoms with Gasteiger partial charge in [0.1, 0.15) is 17.1 Å². The van der Waals surface area contributed by atoms with Gasteiger partial charge in [0.2, 0.25) is 5.95 Å². The van der Waals surface area contributed by atoms with E-state index in [0.717, 1.165) is 38.1 Å². The van der Waals surface area contributed by atoms with Gasteiger partial charge in [-0.1, -0.05) is 11.6 Å². The van der Waals surface area contributed by atoms with Gasteiger partial charge in [-0.3, -0.25) is 4.72 Å². The fourth-order valence-electron chi connectivity index (χ4n) is 5.79. The summed E-state index contributed by atoms with van der Waals surface area (Å²) < 4.78 is 65.8. The van der Waals surface area contributed by atoms with Gasteiger partial charge in [-0.25, -0.2) is 27.2 Å². The first-order chi connectivity index (χ1) is 20.5. The standard InChI is InChI=1S/C30H30ClF2N5O4S/c1-38-9-7-19(8-10-38)35-30-34-15-17-11-16(12-25(42-2)29(17)36-30)27-22(32)4-5-23(28(27)33)37-43(40,41)26-14-18(31)13-21-20(26)3-6-24(21)39/h4-5,11-15,19,24,37,39H,3,6-10H2,1-2H3,(H,34,35,36). The third-order valence-electron chi connectivity index (χ3n) is 8.07. The second kappa shape index (κ2) is 11.5. The normalized spacial score (nSPS) is 17.7. The van der Waals surface area contributed by atoms with E-state index < -0.39 is 39.0 Å². The molecular weight excluding hydrogens is 600 g/mol. The highest BCUT2D eigenvalue weighted by Gasteiger charge is 2.30. The van der Waals surface area contributed by atoms with Crippen LogP contribution in [0.3, 0.4) is 0 Å². The van der Waals surface area contributed by atoms with E-state index in [1.165, 1.54) is 31.4 Å². The number of aromatic nitrogens is 2. The second-order valence-corrected chi connectivity index (χ2v) is 13.0. The Bertz CT molecular complexity index is 1830. The smallest absolute Gasteiger partial charge is 0.262 e. The third kappa shape index (κ3) is 5.72. The van der Waals surface area contributed by atoms with Crippen molar-refractivity contribution in [3.63, 3.8) is 0 Å². The Labute approximate surface area is 252 Å². The number of benzene rings is 3. The molecule has 1 atom stereocenters. The number of piperidine rings is 1. The number of nitrogens with zero attached hydrogens (tertiary/aromatic N) is 3. The molecule has 2 heterocycles. The van der Waals surface area contributed by atoms with Crippen LogP contribution < -0.4 is 14.8 Å². The highest BCUT2D eigenvalue weighted by molar-refractivity contribution is 7.92. The molecule has 1 unspecified atom stereocenters. The number of ether oxygens (including phenoxy) is 1. The highest BCUT2D eigenvalue weighted by Crippen LogP contribution is 2.40. The molecule has 9 nitrogen and oxygen atoms in total. The number of rotatable bonds is 7. The minimum absolute atomic E-state index is 0.117. The maximum absolute atomic E-state index is 15.9. The maximum Gasteiger partial charge on any atom is 0.262 e. The van der Waals surface area contributed by atoms with E-state index in [0.29, 0.717) is 40.8 Å². The van der Waals surface area contributed by atoms with E-state index >= 15 is 8.78 Å². The number of sulfonamides is 1. The van der Waals surface area contributed by atoms with Crippen LogP contribution in [0.4, 0.5) is 20.4 Å². The van der Waals surface area contributed by atoms with Crippen molar-refractivity contribution in [3.8, 4) is 16.9 Å². The van der Waals surface area contributed by atoms with Gasteiger partial charge in [-0.05, 0) is 98.9 Å². The van der Waals surface area contributed by atoms with Crippen LogP contribution in [0.5, 0.6) is 5.75 Å². The van der Waals surface area contributed by atoms with Crippen LogP contribution in [0.1, 0.15) is 36.5 Å². The summed E-state index contributed by atoms with van der Waals surface area (Å²) in [5, 5.41) is 14.2. The number of halogens is 3. The Kier molecular flexibility index (Phi) is 7.88. The van der Waals surface area contributed by atoms with Crippen LogP contribution in [0, 0.1) is 11.6 Å². The second-order valence-electron chi connectivity index (χ2n) is 10.9. The summed E-state index contributed by atoms with van der Waals surface area (Å²) in [7, 11) is -0.834. The van der Waals surface area contributed by atoms with Crippen molar-refractivity contribution >= 4 is 44.2 Å². The van der Waals surface area contributed by atoms with Gasteiger partial charge in [0.15, 0.2) is 5.82 Å². The van der Waals surface area contributed by atoms with Gasteiger partial charge >= 0.3 is 0 Å². The largest absolute Gasteiger partial charge is 0.494 e. The molecule has 1 aromatic heterocycles. The first-order valence-electron chi connectivity index (χ1n) is 13.9. The molecule has 1 saturated heterocycles. The van der Waals surface area contributed by atoms with E-state index in [1.54, 1.807) is 6.20 Å². The van der Waals surface area contributed by atoms with Gasteiger partial charge in [0.05, 0.1) is 29.4 Å². The van der Waals surface area contributed by atoms with Crippen molar-refractivity contribution in [2.75, 3.05) is 37.3 Å². The van der Waals surface area contributed by atoms with Crippen LogP contribution in [-0.4, -0.2) is 61.7 Å². The lowest BCUT2D eigenvalue weighted by Crippen LogP contribution is -2.37. The number of fused-ring (bicyclic) bond motifs is 2. The molecule has 0 amide bonds. The van der Waals surface area contributed by atoms with Crippen molar-refractivity contribution in [1.29, 1.82) is 0 Å². The molecule has 13 heteroatoms. The van der Waals surface area contributed by atoms with Crippen molar-refractivity contribution in [2.45, 2.75) is 42.7 Å². The van der Waals surface area contributed by atoms with Crippen molar-refractivity contribution in [1.82, 2.24) is 14.9 Å². The van der Waals surface area contributed by atoms with Crippen LogP contribution in [0.25, 0.3) is 22.0 Å². The fraction of sp³-hybridized carbons (Fsp3) is 0.333. The van der Waals surface area contributed by atoms with Crippen molar-refractivity contribution < 1.29 is 27.0 Å². The molecule has 1 fully saturated rings. The number of hydrogen-bond acceptors (Lipinski definition) is 8. The van der Waals surface area contributed by atoms with Crippen LogP contribution in [-0.2, 0) is 16.4 Å². The molecule has 1 aliphatic heterocycles. The summed E-state index contributed by atoms with van der Waals surface area (Å²) in [5.74, 6) is -1.29. The molecule has 0 bridgehead atoms. The van der Waals surface area contributed by atoms with E-state index in [4.69, 9.17) is 16.3 Å². The van der Waals surface area contributed by atoms with Crippen LogP contribution >= 0.6 is 11.6 Å². The molecule has 0 saturated carbocycles. The Balaban J connectivity index is 1.35. The highest BCUT2D eigenvalue weighted by atomic mass is 35.5. The van der Waals surface area contributed by atoms with Crippen LogP contribution in [0.15, 0.2) is 47.5 Å². The lowest BCUT2D eigenvalue weighted by atomic mass is 10.0.